The van der Waals surface area contributed by atoms with Gasteiger partial charge in [0.25, 0.3) is 5.91 Å². The number of carbonyl (C=O) groups is 5. The highest BCUT2D eigenvalue weighted by Gasteiger charge is 2.62. The molecule has 0 unspecified atom stereocenters. The second-order valence-corrected chi connectivity index (χ2v) is 17.3. The maximum absolute atomic E-state index is 14.4. The van der Waals surface area contributed by atoms with Gasteiger partial charge in [-0.25, -0.2) is 18.0 Å². The third-order valence-electron chi connectivity index (χ3n) is 9.92. The van der Waals surface area contributed by atoms with E-state index in [-0.39, 0.29) is 42.8 Å². The minimum Gasteiger partial charge on any atom is -0.457 e. The van der Waals surface area contributed by atoms with Gasteiger partial charge in [0, 0.05) is 17.9 Å². The second kappa shape index (κ2) is 15.0. The zero-order valence-corrected chi connectivity index (χ0v) is 31.2. The largest absolute Gasteiger partial charge is 0.457 e. The van der Waals surface area contributed by atoms with E-state index >= 15 is 0 Å². The van der Waals surface area contributed by atoms with Gasteiger partial charge >= 0.3 is 12.1 Å². The summed E-state index contributed by atoms with van der Waals surface area (Å²) in [6, 6.07) is 6.62. The molecule has 3 heterocycles. The molecule has 2 saturated carbocycles. The fourth-order valence-electron chi connectivity index (χ4n) is 6.91. The summed E-state index contributed by atoms with van der Waals surface area (Å²) in [6.45, 7) is 6.48. The Morgan fingerprint density at radius 3 is 2.49 bits per heavy atom. The Morgan fingerprint density at radius 2 is 1.79 bits per heavy atom. The van der Waals surface area contributed by atoms with Crippen LogP contribution in [0.2, 0.25) is 0 Å². The number of sulfonamides is 1. The number of hydrogen-bond acceptors (Lipinski definition) is 11. The average Bonchev–Trinajstić information content (AvgIpc) is 3.98. The van der Waals surface area contributed by atoms with Crippen LogP contribution in [0.3, 0.4) is 0 Å². The van der Waals surface area contributed by atoms with Gasteiger partial charge in [0.15, 0.2) is 0 Å². The highest BCUT2D eigenvalue weighted by atomic mass is 32.2. The van der Waals surface area contributed by atoms with Crippen molar-refractivity contribution in [1.82, 2.24) is 25.4 Å². The summed E-state index contributed by atoms with van der Waals surface area (Å²) in [5.41, 5.74) is -1.39. The molecular weight excluding hydrogens is 706 g/mol. The van der Waals surface area contributed by atoms with E-state index in [1.807, 2.05) is 18.2 Å². The fourth-order valence-corrected chi connectivity index (χ4v) is 8.28. The minimum absolute atomic E-state index is 0.0982. The number of ether oxygens (including phenoxy) is 2. The number of benzene rings is 1. The Kier molecular flexibility index (Phi) is 10.7. The number of nitrogens with one attached hydrogen (secondary N) is 3. The molecule has 2 aliphatic heterocycles. The monoisotopic (exact) mass is 753 g/mol. The summed E-state index contributed by atoms with van der Waals surface area (Å²) in [4.78, 5) is 70.2. The SMILES string of the molecule is Cc1onc(-c2ccccc2)c1C(=O)O[C@@H]1C[C@H]2C(=O)N[C@]3(C(=O)NS(=O)(=O)C4CC4)C[C@H]3C=CCCCCC[C@H](NC(=O)OC(C)(C)C)C(=O)N2C1. The van der Waals surface area contributed by atoms with E-state index in [1.165, 1.54) is 4.90 Å². The molecule has 3 N–H and O–H groups in total. The van der Waals surface area contributed by atoms with Crippen LogP contribution in [0, 0.1) is 12.8 Å². The molecule has 15 nitrogen and oxygen atoms in total. The van der Waals surface area contributed by atoms with Gasteiger partial charge in [0.2, 0.25) is 21.8 Å². The number of rotatable bonds is 7. The van der Waals surface area contributed by atoms with Crippen LogP contribution in [0.25, 0.3) is 11.3 Å². The van der Waals surface area contributed by atoms with Crippen LogP contribution in [0.1, 0.15) is 94.7 Å². The number of aromatic nitrogens is 1. The van der Waals surface area contributed by atoms with Crippen molar-refractivity contribution < 1.29 is 46.4 Å². The second-order valence-electron chi connectivity index (χ2n) is 15.3. The van der Waals surface area contributed by atoms with Crippen LogP contribution in [0.5, 0.6) is 0 Å². The molecule has 53 heavy (non-hydrogen) atoms. The first-order valence-corrected chi connectivity index (χ1v) is 19.7. The van der Waals surface area contributed by atoms with E-state index in [1.54, 1.807) is 52.0 Å². The van der Waals surface area contributed by atoms with Crippen LogP contribution in [0.4, 0.5) is 4.79 Å². The molecule has 16 heteroatoms. The number of esters is 1. The number of allylic oxidation sites excluding steroid dienone is 1. The Hall–Kier alpha value is -4.73. The summed E-state index contributed by atoms with van der Waals surface area (Å²) in [6.07, 6.45) is 5.87. The molecule has 1 aromatic heterocycles. The third-order valence-corrected chi connectivity index (χ3v) is 11.7. The lowest BCUT2D eigenvalue weighted by Gasteiger charge is -2.30. The van der Waals surface area contributed by atoms with E-state index in [4.69, 9.17) is 14.0 Å². The van der Waals surface area contributed by atoms with Crippen molar-refractivity contribution >= 4 is 39.8 Å². The molecular formula is C37H47N5O10S. The van der Waals surface area contributed by atoms with Gasteiger partial charge in [-0.3, -0.25) is 19.1 Å². The van der Waals surface area contributed by atoms with Crippen LogP contribution in [0.15, 0.2) is 47.0 Å². The Morgan fingerprint density at radius 1 is 1.06 bits per heavy atom. The minimum atomic E-state index is -3.92. The topological polar surface area (TPSA) is 203 Å². The van der Waals surface area contributed by atoms with Crippen molar-refractivity contribution in [3.8, 4) is 11.3 Å². The van der Waals surface area contributed by atoms with Crippen LogP contribution in [-0.2, 0) is 33.9 Å². The average molecular weight is 754 g/mol. The molecule has 5 atom stereocenters. The van der Waals surface area contributed by atoms with Crippen molar-refractivity contribution in [3.05, 3.63) is 53.8 Å². The van der Waals surface area contributed by atoms with E-state index in [9.17, 15) is 32.4 Å². The lowest BCUT2D eigenvalue weighted by molar-refractivity contribution is -0.141. The lowest BCUT2D eigenvalue weighted by atomic mass is 10.0. The highest BCUT2D eigenvalue weighted by Crippen LogP contribution is 2.46. The molecule has 2 aromatic rings. The number of amides is 4. The number of aryl methyl sites for hydroxylation is 1. The zero-order valence-electron chi connectivity index (χ0n) is 30.4. The quantitative estimate of drug-likeness (QED) is 0.275. The van der Waals surface area contributed by atoms with Crippen LogP contribution < -0.4 is 15.4 Å². The summed E-state index contributed by atoms with van der Waals surface area (Å²) >= 11 is 0. The number of fused-ring (bicyclic) bond motifs is 2. The van der Waals surface area contributed by atoms with Crippen molar-refractivity contribution in [2.75, 3.05) is 6.54 Å². The smallest absolute Gasteiger partial charge is 0.408 e. The predicted octanol–water partition coefficient (Wildman–Crippen LogP) is 3.67. The summed E-state index contributed by atoms with van der Waals surface area (Å²) < 4.78 is 44.5. The molecule has 6 rings (SSSR count). The first-order chi connectivity index (χ1) is 25.1. The zero-order chi connectivity index (χ0) is 38.1. The van der Waals surface area contributed by atoms with Gasteiger partial charge in [-0.2, -0.15) is 0 Å². The van der Waals surface area contributed by atoms with Gasteiger partial charge in [0.1, 0.15) is 46.3 Å². The third kappa shape index (κ3) is 8.74. The molecule has 3 fully saturated rings. The Balaban J connectivity index is 1.29. The van der Waals surface area contributed by atoms with Gasteiger partial charge < -0.3 is 29.5 Å². The Bertz CT molecular complexity index is 1880. The molecule has 4 aliphatic rings. The van der Waals surface area contributed by atoms with Crippen molar-refractivity contribution in [2.24, 2.45) is 5.92 Å². The molecule has 0 bridgehead atoms. The lowest BCUT2D eigenvalue weighted by Crippen LogP contribution is -2.58. The first kappa shape index (κ1) is 38.0. The van der Waals surface area contributed by atoms with Crippen molar-refractivity contribution in [2.45, 2.75) is 120 Å². The fraction of sp³-hybridized carbons (Fsp3) is 0.568. The summed E-state index contributed by atoms with van der Waals surface area (Å²) in [7, 11) is -3.92. The standard InChI is InChI=1S/C37H47N5O10S/c1-22-29(30(40-52-22)23-13-9-8-10-14-23)33(45)50-25-19-28-31(43)39-37(34(46)41-53(48,49)26-17-18-26)20-24(37)15-11-6-5-7-12-16-27(32(44)42(28)21-25)38-35(47)51-36(2,3)4/h8-11,13-15,24-28H,5-7,12,16-21H2,1-4H3,(H,38,47)(H,39,43)(H,41,46)/t24-,25-,27+,28+,37-/m1/s1. The number of alkyl carbamates (subject to hydrolysis) is 1. The van der Waals surface area contributed by atoms with Gasteiger partial charge in [-0.15, -0.1) is 0 Å². The molecule has 2 aliphatic carbocycles. The molecule has 0 radical (unpaired) electrons. The molecule has 1 aromatic carbocycles. The number of nitrogens with zero attached hydrogens (tertiary/aromatic N) is 2. The van der Waals surface area contributed by atoms with E-state index < -0.39 is 80.3 Å². The molecule has 286 valence electrons. The van der Waals surface area contributed by atoms with E-state index in [0.717, 1.165) is 12.8 Å². The Labute approximate surface area is 308 Å². The number of hydrogen-bond donors (Lipinski definition) is 3. The molecule has 1 saturated heterocycles. The normalized spacial score (nSPS) is 26.6. The van der Waals surface area contributed by atoms with Gasteiger partial charge in [0.05, 0.1) is 11.8 Å². The maximum atomic E-state index is 14.4. The predicted molar refractivity (Wildman–Crippen MR) is 190 cm³/mol. The van der Waals surface area contributed by atoms with Crippen LogP contribution >= 0.6 is 0 Å². The maximum Gasteiger partial charge on any atom is 0.408 e. The molecule has 4 amide bonds. The summed E-state index contributed by atoms with van der Waals surface area (Å²) in [5, 5.41) is 8.89. The first-order valence-electron chi connectivity index (χ1n) is 18.2. The van der Waals surface area contributed by atoms with Crippen molar-refractivity contribution in [1.29, 1.82) is 0 Å². The van der Waals surface area contributed by atoms with Crippen molar-refractivity contribution in [3.63, 3.8) is 0 Å². The summed E-state index contributed by atoms with van der Waals surface area (Å²) in [5.74, 6) is -3.16. The van der Waals surface area contributed by atoms with Gasteiger partial charge in [-0.1, -0.05) is 60.5 Å². The van der Waals surface area contributed by atoms with E-state index in [0.29, 0.717) is 31.2 Å². The van der Waals surface area contributed by atoms with Crippen LogP contribution in [-0.4, -0.2) is 89.4 Å². The number of carbonyl (C=O) groups excluding carboxylic acids is 5. The van der Waals surface area contributed by atoms with Gasteiger partial charge in [-0.05, 0) is 66.2 Å². The molecule has 0 spiro atoms. The van der Waals surface area contributed by atoms with E-state index in [2.05, 4.69) is 20.5 Å². The highest BCUT2D eigenvalue weighted by molar-refractivity contribution is 7.91.